The van der Waals surface area contributed by atoms with Crippen molar-refractivity contribution in [2.75, 3.05) is 6.54 Å². The summed E-state index contributed by atoms with van der Waals surface area (Å²) in [7, 11) is 0. The molecule has 0 bridgehead atoms. The number of nitrogens with one attached hydrogen (secondary N) is 1. The van der Waals surface area contributed by atoms with Gasteiger partial charge in [-0.15, -0.1) is 5.10 Å². The van der Waals surface area contributed by atoms with Gasteiger partial charge in [-0.25, -0.2) is 9.07 Å². The smallest absolute Gasteiger partial charge is 0.165 e. The fraction of sp³-hybridized carbons (Fsp3) is 0.462. The monoisotopic (exact) mass is 263 g/mol. The molecule has 1 heterocycles. The van der Waals surface area contributed by atoms with Gasteiger partial charge < -0.3 is 5.32 Å². The predicted octanol–water partition coefficient (Wildman–Crippen LogP) is 1.92. The van der Waals surface area contributed by atoms with E-state index in [0.717, 1.165) is 24.4 Å². The van der Waals surface area contributed by atoms with Crippen LogP contribution in [0.3, 0.4) is 0 Å². The molecule has 0 saturated carbocycles. The van der Waals surface area contributed by atoms with E-state index in [1.54, 1.807) is 10.7 Å². The van der Waals surface area contributed by atoms with Crippen LogP contribution in [0.25, 0.3) is 0 Å². The molecule has 0 amide bonds. The molecule has 2 rings (SSSR count). The number of tetrazole rings is 1. The molecule has 0 spiro atoms. The van der Waals surface area contributed by atoms with Gasteiger partial charge in [0, 0.05) is 0 Å². The zero-order valence-corrected chi connectivity index (χ0v) is 11.2. The summed E-state index contributed by atoms with van der Waals surface area (Å²) >= 11 is 0. The highest BCUT2D eigenvalue weighted by molar-refractivity contribution is 5.20. The fourth-order valence-electron chi connectivity index (χ4n) is 1.91. The van der Waals surface area contributed by atoms with Crippen molar-refractivity contribution in [2.24, 2.45) is 0 Å². The summed E-state index contributed by atoms with van der Waals surface area (Å²) in [6, 6.07) is 6.41. The zero-order chi connectivity index (χ0) is 13.7. The van der Waals surface area contributed by atoms with Gasteiger partial charge in [0.25, 0.3) is 0 Å². The Morgan fingerprint density at radius 3 is 3.00 bits per heavy atom. The van der Waals surface area contributed by atoms with Gasteiger partial charge in [0.2, 0.25) is 0 Å². The second-order valence-corrected chi connectivity index (χ2v) is 4.45. The molecule has 1 aromatic heterocycles. The first kappa shape index (κ1) is 13.6. The van der Waals surface area contributed by atoms with Crippen LogP contribution in [0.5, 0.6) is 0 Å². The van der Waals surface area contributed by atoms with Gasteiger partial charge in [0.15, 0.2) is 5.82 Å². The third-order valence-electron chi connectivity index (χ3n) is 2.97. The molecular weight excluding hydrogens is 245 g/mol. The van der Waals surface area contributed by atoms with Crippen molar-refractivity contribution in [3.8, 4) is 0 Å². The second-order valence-electron chi connectivity index (χ2n) is 4.45. The third kappa shape index (κ3) is 3.35. The van der Waals surface area contributed by atoms with Crippen LogP contribution in [0.15, 0.2) is 24.3 Å². The Labute approximate surface area is 111 Å². The molecule has 102 valence electrons. The van der Waals surface area contributed by atoms with E-state index in [2.05, 4.69) is 27.8 Å². The normalized spacial score (nSPS) is 12.6. The largest absolute Gasteiger partial charge is 0.310 e. The van der Waals surface area contributed by atoms with E-state index in [1.165, 1.54) is 12.1 Å². The van der Waals surface area contributed by atoms with E-state index in [-0.39, 0.29) is 11.9 Å². The molecule has 1 aromatic carbocycles. The number of hydrogen-bond donors (Lipinski definition) is 1. The number of nitrogens with zero attached hydrogens (tertiary/aromatic N) is 4. The first-order chi connectivity index (χ1) is 9.22. The van der Waals surface area contributed by atoms with Crippen LogP contribution in [0.4, 0.5) is 4.39 Å². The van der Waals surface area contributed by atoms with Crippen LogP contribution >= 0.6 is 0 Å². The summed E-state index contributed by atoms with van der Waals surface area (Å²) in [6.07, 6.45) is 1.06. The van der Waals surface area contributed by atoms with Crippen LogP contribution < -0.4 is 5.32 Å². The summed E-state index contributed by atoms with van der Waals surface area (Å²) < 4.78 is 15.0. The molecule has 5 nitrogen and oxygen atoms in total. The lowest BCUT2D eigenvalue weighted by Crippen LogP contribution is -2.20. The summed E-state index contributed by atoms with van der Waals surface area (Å²) in [5.74, 6) is 0.508. The van der Waals surface area contributed by atoms with Crippen molar-refractivity contribution < 1.29 is 4.39 Å². The Kier molecular flexibility index (Phi) is 4.57. The number of halogens is 1. The average Bonchev–Trinajstić information content (AvgIpc) is 2.86. The Morgan fingerprint density at radius 1 is 1.42 bits per heavy atom. The minimum absolute atomic E-state index is 0.0934. The van der Waals surface area contributed by atoms with Gasteiger partial charge in [-0.05, 0) is 48.0 Å². The average molecular weight is 263 g/mol. The van der Waals surface area contributed by atoms with Gasteiger partial charge in [-0.3, -0.25) is 0 Å². The van der Waals surface area contributed by atoms with Crippen molar-refractivity contribution in [3.05, 3.63) is 41.5 Å². The van der Waals surface area contributed by atoms with Crippen molar-refractivity contribution in [1.82, 2.24) is 25.5 Å². The maximum atomic E-state index is 13.2. The number of rotatable bonds is 6. The second kappa shape index (κ2) is 6.38. The molecule has 2 aromatic rings. The number of aromatic nitrogens is 4. The Hall–Kier alpha value is -1.82. The lowest BCUT2D eigenvalue weighted by molar-refractivity contribution is 0.502. The molecule has 0 aliphatic heterocycles. The van der Waals surface area contributed by atoms with Crippen LogP contribution in [-0.2, 0) is 6.54 Å². The molecule has 1 atom stereocenters. The highest BCUT2D eigenvalue weighted by Crippen LogP contribution is 2.18. The minimum Gasteiger partial charge on any atom is -0.310 e. The molecule has 0 fully saturated rings. The summed E-state index contributed by atoms with van der Waals surface area (Å²) in [5.41, 5.74) is 0.851. The molecule has 1 unspecified atom stereocenters. The molecule has 0 aliphatic rings. The summed E-state index contributed by atoms with van der Waals surface area (Å²) in [6.45, 7) is 5.58. The standard InChI is InChI=1S/C13H18FN5/c1-3-7-15-9-13-16-17-18-19(13)10(2)11-5-4-6-12(14)8-11/h4-6,8,10,15H,3,7,9H2,1-2H3. The SMILES string of the molecule is CCCNCc1nnnn1C(C)c1cccc(F)c1. The van der Waals surface area contributed by atoms with E-state index >= 15 is 0 Å². The molecule has 19 heavy (non-hydrogen) atoms. The number of benzene rings is 1. The van der Waals surface area contributed by atoms with E-state index in [1.807, 2.05) is 13.0 Å². The quantitative estimate of drug-likeness (QED) is 0.809. The molecule has 0 saturated heterocycles. The van der Waals surface area contributed by atoms with Crippen LogP contribution in [0.2, 0.25) is 0 Å². The van der Waals surface area contributed by atoms with Gasteiger partial charge in [0.1, 0.15) is 5.82 Å². The summed E-state index contributed by atoms with van der Waals surface area (Å²) in [5, 5.41) is 15.0. The molecule has 0 radical (unpaired) electrons. The minimum atomic E-state index is -0.247. The fourth-order valence-corrected chi connectivity index (χ4v) is 1.91. The van der Waals surface area contributed by atoms with E-state index in [0.29, 0.717) is 6.54 Å². The molecule has 0 aliphatic carbocycles. The van der Waals surface area contributed by atoms with Crippen LogP contribution in [0, 0.1) is 5.82 Å². The van der Waals surface area contributed by atoms with Crippen molar-refractivity contribution in [2.45, 2.75) is 32.9 Å². The van der Waals surface area contributed by atoms with Crippen molar-refractivity contribution >= 4 is 0 Å². The maximum Gasteiger partial charge on any atom is 0.165 e. The summed E-state index contributed by atoms with van der Waals surface area (Å²) in [4.78, 5) is 0. The third-order valence-corrected chi connectivity index (χ3v) is 2.97. The number of hydrogen-bond acceptors (Lipinski definition) is 4. The van der Waals surface area contributed by atoms with Gasteiger partial charge in [0.05, 0.1) is 12.6 Å². The van der Waals surface area contributed by atoms with Gasteiger partial charge >= 0.3 is 0 Å². The van der Waals surface area contributed by atoms with Crippen LogP contribution in [-0.4, -0.2) is 26.8 Å². The van der Waals surface area contributed by atoms with Crippen molar-refractivity contribution in [1.29, 1.82) is 0 Å². The van der Waals surface area contributed by atoms with E-state index in [4.69, 9.17) is 0 Å². The molecule has 6 heteroatoms. The highest BCUT2D eigenvalue weighted by Gasteiger charge is 2.14. The molecule has 1 N–H and O–H groups in total. The maximum absolute atomic E-state index is 13.2. The lowest BCUT2D eigenvalue weighted by Gasteiger charge is -2.14. The first-order valence-corrected chi connectivity index (χ1v) is 6.45. The van der Waals surface area contributed by atoms with Crippen molar-refractivity contribution in [3.63, 3.8) is 0 Å². The van der Waals surface area contributed by atoms with E-state index < -0.39 is 0 Å². The molecular formula is C13H18FN5. The lowest BCUT2D eigenvalue weighted by atomic mass is 10.1. The highest BCUT2D eigenvalue weighted by atomic mass is 19.1. The Bertz CT molecular complexity index is 525. The Morgan fingerprint density at radius 2 is 2.26 bits per heavy atom. The topological polar surface area (TPSA) is 55.6 Å². The van der Waals surface area contributed by atoms with Gasteiger partial charge in [-0.2, -0.15) is 0 Å². The van der Waals surface area contributed by atoms with E-state index in [9.17, 15) is 4.39 Å². The Balaban J connectivity index is 2.15. The van der Waals surface area contributed by atoms with Crippen LogP contribution in [0.1, 0.15) is 37.7 Å². The first-order valence-electron chi connectivity index (χ1n) is 6.45. The zero-order valence-electron chi connectivity index (χ0n) is 11.2. The predicted molar refractivity (Wildman–Crippen MR) is 70.0 cm³/mol. The van der Waals surface area contributed by atoms with Gasteiger partial charge in [-0.1, -0.05) is 19.1 Å².